The van der Waals surface area contributed by atoms with Crippen molar-refractivity contribution < 1.29 is 22.4 Å². The smallest absolute Gasteiger partial charge is 0.462 e. The number of ether oxygens (including phenoxy) is 1. The maximum atomic E-state index is 6.25. The molecular formula is C24H26O5Si. The Balaban J connectivity index is 1.83. The monoisotopic (exact) mass is 422 g/mol. The Labute approximate surface area is 178 Å². The van der Waals surface area contributed by atoms with E-state index in [1.807, 2.05) is 91.0 Å². The minimum Gasteiger partial charge on any atom is -0.462 e. The van der Waals surface area contributed by atoms with Gasteiger partial charge >= 0.3 is 9.05 Å². The predicted octanol–water partition coefficient (Wildman–Crippen LogP) is 5.27. The van der Waals surface area contributed by atoms with Crippen LogP contribution < -0.4 is 13.3 Å². The number of hydrogen-bond acceptors (Lipinski definition) is 5. The van der Waals surface area contributed by atoms with Gasteiger partial charge in [0, 0.05) is 13.2 Å². The highest BCUT2D eigenvalue weighted by atomic mass is 28.4. The summed E-state index contributed by atoms with van der Waals surface area (Å²) in [6.07, 6.45) is 2.38. The fourth-order valence-electron chi connectivity index (χ4n) is 2.57. The number of rotatable bonds is 13. The molecule has 0 aliphatic carbocycles. The molecule has 3 aromatic rings. The van der Waals surface area contributed by atoms with Crippen molar-refractivity contribution in [2.24, 2.45) is 0 Å². The van der Waals surface area contributed by atoms with E-state index in [0.717, 1.165) is 0 Å². The highest BCUT2D eigenvalue weighted by molar-refractivity contribution is 6.56. The van der Waals surface area contributed by atoms with Crippen LogP contribution in [-0.2, 0) is 9.16 Å². The molecule has 3 aromatic carbocycles. The Morgan fingerprint density at radius 3 is 1.47 bits per heavy atom. The highest BCUT2D eigenvalue weighted by Gasteiger charge is 2.55. The molecule has 30 heavy (non-hydrogen) atoms. The molecule has 0 heterocycles. The Morgan fingerprint density at radius 2 is 1.07 bits per heavy atom. The van der Waals surface area contributed by atoms with Crippen LogP contribution in [0, 0.1) is 0 Å². The molecule has 0 aliphatic heterocycles. The van der Waals surface area contributed by atoms with Gasteiger partial charge in [0.25, 0.3) is 0 Å². The van der Waals surface area contributed by atoms with E-state index in [-0.39, 0.29) is 0 Å². The normalized spacial score (nSPS) is 10.9. The predicted molar refractivity (Wildman–Crippen MR) is 119 cm³/mol. The quantitative estimate of drug-likeness (QED) is 0.213. The molecule has 3 rings (SSSR count). The highest BCUT2D eigenvalue weighted by Crippen LogP contribution is 2.25. The van der Waals surface area contributed by atoms with Crippen LogP contribution in [0.25, 0.3) is 0 Å². The first kappa shape index (κ1) is 21.6. The van der Waals surface area contributed by atoms with Crippen molar-refractivity contribution in [2.45, 2.75) is 6.42 Å². The molecule has 0 saturated carbocycles. The SMILES string of the molecule is C=CCOCCCO[Si](Oc1ccccc1)(Oc1ccccc1)Oc1ccccc1. The maximum Gasteiger partial charge on any atom is 0.893 e. The van der Waals surface area contributed by atoms with Gasteiger partial charge in [-0.2, -0.15) is 0 Å². The van der Waals surface area contributed by atoms with Gasteiger partial charge < -0.3 is 22.4 Å². The largest absolute Gasteiger partial charge is 0.893 e. The van der Waals surface area contributed by atoms with Crippen LogP contribution in [0.4, 0.5) is 0 Å². The lowest BCUT2D eigenvalue weighted by molar-refractivity contribution is 0.0747. The summed E-state index contributed by atoms with van der Waals surface area (Å²) in [5.74, 6) is 1.83. The van der Waals surface area contributed by atoms with E-state index >= 15 is 0 Å². The Morgan fingerprint density at radius 1 is 0.633 bits per heavy atom. The van der Waals surface area contributed by atoms with E-state index in [1.54, 1.807) is 6.08 Å². The Kier molecular flexibility index (Phi) is 8.53. The first-order valence-electron chi connectivity index (χ1n) is 9.84. The van der Waals surface area contributed by atoms with Crippen molar-refractivity contribution in [3.63, 3.8) is 0 Å². The Bertz CT molecular complexity index is 757. The molecule has 0 atom stereocenters. The topological polar surface area (TPSA) is 46.2 Å². The maximum absolute atomic E-state index is 6.25. The van der Waals surface area contributed by atoms with Gasteiger partial charge in [-0.25, -0.2) is 0 Å². The second kappa shape index (κ2) is 11.8. The van der Waals surface area contributed by atoms with E-state index in [0.29, 0.717) is 43.5 Å². The zero-order valence-electron chi connectivity index (χ0n) is 16.8. The summed E-state index contributed by atoms with van der Waals surface area (Å²) in [5.41, 5.74) is 0. The average Bonchev–Trinajstić information content (AvgIpc) is 2.78. The average molecular weight is 423 g/mol. The molecule has 0 fully saturated rings. The Hall–Kier alpha value is -3.06. The van der Waals surface area contributed by atoms with Gasteiger partial charge in [0.1, 0.15) is 17.2 Å². The van der Waals surface area contributed by atoms with E-state index in [9.17, 15) is 0 Å². The molecule has 0 amide bonds. The summed E-state index contributed by atoms with van der Waals surface area (Å²) in [4.78, 5) is 0. The first-order valence-corrected chi connectivity index (χ1v) is 11.5. The second-order valence-corrected chi connectivity index (χ2v) is 8.21. The zero-order valence-corrected chi connectivity index (χ0v) is 17.8. The summed E-state index contributed by atoms with van der Waals surface area (Å²) in [6, 6.07) is 28.2. The van der Waals surface area contributed by atoms with E-state index < -0.39 is 9.05 Å². The molecule has 0 spiro atoms. The van der Waals surface area contributed by atoms with Crippen LogP contribution in [0.15, 0.2) is 104 Å². The van der Waals surface area contributed by atoms with Crippen LogP contribution in [-0.4, -0.2) is 28.9 Å². The standard InChI is InChI=1S/C24H26O5Si/c1-2-19-25-20-12-21-26-30(27-22-13-6-3-7-14-22,28-23-15-8-4-9-16-23)29-24-17-10-5-11-18-24/h2-11,13-18H,1,12,19-21H2. The van der Waals surface area contributed by atoms with Gasteiger partial charge in [0.05, 0.1) is 6.61 Å². The van der Waals surface area contributed by atoms with Crippen LogP contribution in [0.2, 0.25) is 0 Å². The summed E-state index contributed by atoms with van der Waals surface area (Å²) >= 11 is 0. The van der Waals surface area contributed by atoms with Gasteiger partial charge in [-0.15, -0.1) is 6.58 Å². The number of hydrogen-bond donors (Lipinski definition) is 0. The third-order valence-corrected chi connectivity index (χ3v) is 5.92. The number of benzene rings is 3. The van der Waals surface area contributed by atoms with E-state index in [2.05, 4.69) is 6.58 Å². The van der Waals surface area contributed by atoms with E-state index in [4.69, 9.17) is 22.4 Å². The number of para-hydroxylation sites is 3. The molecule has 0 aromatic heterocycles. The van der Waals surface area contributed by atoms with Gasteiger partial charge in [-0.1, -0.05) is 60.7 Å². The van der Waals surface area contributed by atoms with Gasteiger partial charge in [0.2, 0.25) is 0 Å². The molecule has 0 N–H and O–H groups in total. The van der Waals surface area contributed by atoms with Crippen LogP contribution in [0.5, 0.6) is 17.2 Å². The minimum absolute atomic E-state index is 0.357. The van der Waals surface area contributed by atoms with Crippen molar-refractivity contribution in [3.05, 3.63) is 104 Å². The molecule has 0 bridgehead atoms. The summed E-state index contributed by atoms with van der Waals surface area (Å²) in [7, 11) is -3.66. The lowest BCUT2D eigenvalue weighted by atomic mass is 10.3. The fraction of sp³-hybridized carbons (Fsp3) is 0.167. The third kappa shape index (κ3) is 7.08. The molecule has 0 radical (unpaired) electrons. The van der Waals surface area contributed by atoms with Crippen molar-refractivity contribution in [2.75, 3.05) is 19.8 Å². The van der Waals surface area contributed by atoms with Crippen molar-refractivity contribution >= 4 is 9.05 Å². The van der Waals surface area contributed by atoms with E-state index in [1.165, 1.54) is 0 Å². The van der Waals surface area contributed by atoms with Crippen molar-refractivity contribution in [3.8, 4) is 17.2 Å². The fourth-order valence-corrected chi connectivity index (χ4v) is 4.54. The van der Waals surface area contributed by atoms with Gasteiger partial charge in [0.15, 0.2) is 0 Å². The summed E-state index contributed by atoms with van der Waals surface area (Å²) < 4.78 is 30.4. The summed E-state index contributed by atoms with van der Waals surface area (Å²) in [6.45, 7) is 5.05. The van der Waals surface area contributed by atoms with Crippen LogP contribution >= 0.6 is 0 Å². The molecular weight excluding hydrogens is 396 g/mol. The van der Waals surface area contributed by atoms with Gasteiger partial charge in [-0.05, 0) is 42.8 Å². The zero-order chi connectivity index (χ0) is 20.9. The van der Waals surface area contributed by atoms with Crippen molar-refractivity contribution in [1.29, 1.82) is 0 Å². The minimum atomic E-state index is -3.66. The summed E-state index contributed by atoms with van der Waals surface area (Å²) in [5, 5.41) is 0. The molecule has 0 aliphatic rings. The second-order valence-electron chi connectivity index (χ2n) is 6.31. The van der Waals surface area contributed by atoms with Crippen LogP contribution in [0.3, 0.4) is 0 Å². The molecule has 0 unspecified atom stereocenters. The molecule has 5 nitrogen and oxygen atoms in total. The first-order chi connectivity index (χ1) is 14.8. The third-order valence-electron chi connectivity index (χ3n) is 3.91. The molecule has 0 saturated heterocycles. The van der Waals surface area contributed by atoms with Gasteiger partial charge in [-0.3, -0.25) is 0 Å². The van der Waals surface area contributed by atoms with Crippen molar-refractivity contribution in [1.82, 2.24) is 0 Å². The lowest BCUT2D eigenvalue weighted by Gasteiger charge is -2.28. The molecule has 156 valence electrons. The lowest BCUT2D eigenvalue weighted by Crippen LogP contribution is -2.58. The molecule has 6 heteroatoms. The van der Waals surface area contributed by atoms with Crippen LogP contribution in [0.1, 0.15) is 6.42 Å².